The fourth-order valence-electron chi connectivity index (χ4n) is 3.03. The third kappa shape index (κ3) is 3.80. The lowest BCUT2D eigenvalue weighted by Crippen LogP contribution is -2.49. The van der Waals surface area contributed by atoms with Gasteiger partial charge in [0.2, 0.25) is 0 Å². The first-order valence-electron chi connectivity index (χ1n) is 8.14. The summed E-state index contributed by atoms with van der Waals surface area (Å²) in [7, 11) is 0. The molecule has 0 spiro atoms. The van der Waals surface area contributed by atoms with Gasteiger partial charge in [-0.1, -0.05) is 0 Å². The first kappa shape index (κ1) is 17.0. The summed E-state index contributed by atoms with van der Waals surface area (Å²) < 4.78 is 43.1. The number of aromatic nitrogens is 1. The molecule has 132 valence electrons. The van der Waals surface area contributed by atoms with Crippen molar-refractivity contribution >= 4 is 11.7 Å². The summed E-state index contributed by atoms with van der Waals surface area (Å²) in [5, 5.41) is 0. The van der Waals surface area contributed by atoms with E-state index in [0.717, 1.165) is 32.4 Å². The van der Waals surface area contributed by atoms with Crippen LogP contribution in [0.3, 0.4) is 0 Å². The predicted molar refractivity (Wildman–Crippen MR) is 82.0 cm³/mol. The minimum Gasteiger partial charge on any atom is -0.365 e. The Labute approximate surface area is 138 Å². The maximum atomic E-state index is 12.8. The molecule has 3 heterocycles. The molecule has 0 aliphatic carbocycles. The molecular weight excluding hydrogens is 323 g/mol. The minimum absolute atomic E-state index is 0.000314. The molecule has 2 saturated heterocycles. The maximum Gasteiger partial charge on any atom is 0.416 e. The van der Waals surface area contributed by atoms with E-state index in [1.807, 2.05) is 0 Å². The van der Waals surface area contributed by atoms with E-state index in [2.05, 4.69) is 4.98 Å². The molecule has 0 bridgehead atoms. The zero-order valence-corrected chi connectivity index (χ0v) is 13.3. The summed E-state index contributed by atoms with van der Waals surface area (Å²) in [6, 6.07) is 3.24. The van der Waals surface area contributed by atoms with E-state index in [9.17, 15) is 18.0 Å². The van der Waals surface area contributed by atoms with Crippen LogP contribution in [-0.2, 0) is 4.74 Å². The van der Waals surface area contributed by atoms with E-state index in [1.54, 1.807) is 17.0 Å². The van der Waals surface area contributed by atoms with E-state index in [1.165, 1.54) is 11.1 Å². The summed E-state index contributed by atoms with van der Waals surface area (Å²) in [4.78, 5) is 19.9. The van der Waals surface area contributed by atoms with E-state index < -0.39 is 12.3 Å². The zero-order chi connectivity index (χ0) is 17.2. The fraction of sp³-hybridized carbons (Fsp3) is 0.625. The number of ether oxygens (including phenoxy) is 1. The molecule has 1 aromatic heterocycles. The number of hydrogen-bond acceptors (Lipinski definition) is 4. The number of alkyl halides is 3. The van der Waals surface area contributed by atoms with Gasteiger partial charge in [0.1, 0.15) is 5.82 Å². The number of amides is 1. The van der Waals surface area contributed by atoms with Crippen molar-refractivity contribution in [3.05, 3.63) is 23.9 Å². The Hall–Kier alpha value is -1.83. The molecule has 1 atom stereocenters. The van der Waals surface area contributed by atoms with Crippen LogP contribution in [0.25, 0.3) is 0 Å². The van der Waals surface area contributed by atoms with Crippen LogP contribution < -0.4 is 4.90 Å². The number of hydrogen-bond donors (Lipinski definition) is 0. The number of pyridine rings is 1. The molecule has 0 unspecified atom stereocenters. The first-order chi connectivity index (χ1) is 11.4. The zero-order valence-electron chi connectivity index (χ0n) is 13.3. The largest absolute Gasteiger partial charge is 0.416 e. The lowest BCUT2D eigenvalue weighted by molar-refractivity contribution is -0.221. The van der Waals surface area contributed by atoms with Gasteiger partial charge in [0.05, 0.1) is 18.7 Å². The average Bonchev–Trinajstić information content (AvgIpc) is 2.61. The molecule has 8 heteroatoms. The van der Waals surface area contributed by atoms with Gasteiger partial charge in [-0.15, -0.1) is 0 Å². The molecule has 0 aromatic carbocycles. The summed E-state index contributed by atoms with van der Waals surface area (Å²) >= 11 is 0. The van der Waals surface area contributed by atoms with E-state index in [0.29, 0.717) is 17.9 Å². The number of halogens is 3. The van der Waals surface area contributed by atoms with Crippen molar-refractivity contribution in [1.29, 1.82) is 0 Å². The molecule has 2 fully saturated rings. The monoisotopic (exact) mass is 343 g/mol. The Morgan fingerprint density at radius 2 is 1.92 bits per heavy atom. The van der Waals surface area contributed by atoms with Crippen molar-refractivity contribution in [2.45, 2.75) is 31.5 Å². The van der Waals surface area contributed by atoms with Gasteiger partial charge in [-0.2, -0.15) is 13.2 Å². The van der Waals surface area contributed by atoms with Crippen LogP contribution >= 0.6 is 0 Å². The number of anilines is 1. The van der Waals surface area contributed by atoms with Gasteiger partial charge in [-0.25, -0.2) is 4.98 Å². The van der Waals surface area contributed by atoms with Crippen LogP contribution in [0.4, 0.5) is 19.0 Å². The van der Waals surface area contributed by atoms with Crippen LogP contribution in [-0.4, -0.2) is 60.9 Å². The molecule has 1 amide bonds. The van der Waals surface area contributed by atoms with E-state index >= 15 is 0 Å². The second-order valence-corrected chi connectivity index (χ2v) is 6.10. The van der Waals surface area contributed by atoms with Crippen LogP contribution in [0, 0.1) is 0 Å². The molecule has 3 rings (SSSR count). The lowest BCUT2D eigenvalue weighted by Gasteiger charge is -2.34. The van der Waals surface area contributed by atoms with E-state index in [4.69, 9.17) is 4.74 Å². The Kier molecular flexibility index (Phi) is 4.93. The van der Waals surface area contributed by atoms with Crippen molar-refractivity contribution in [2.24, 2.45) is 0 Å². The molecule has 2 aliphatic rings. The number of rotatable bonds is 2. The second kappa shape index (κ2) is 6.96. The molecule has 0 N–H and O–H groups in total. The number of carbonyl (C=O) groups is 1. The first-order valence-corrected chi connectivity index (χ1v) is 8.14. The summed E-state index contributed by atoms with van der Waals surface area (Å²) in [6.07, 6.45) is -1.60. The van der Waals surface area contributed by atoms with Crippen molar-refractivity contribution in [3.63, 3.8) is 0 Å². The van der Waals surface area contributed by atoms with Gasteiger partial charge in [0.25, 0.3) is 5.91 Å². The molecule has 0 radical (unpaired) electrons. The summed E-state index contributed by atoms with van der Waals surface area (Å²) in [5.41, 5.74) is 0.473. The van der Waals surface area contributed by atoms with Crippen LogP contribution in [0.1, 0.15) is 29.6 Å². The Bertz CT molecular complexity index is 571. The molecule has 2 aliphatic heterocycles. The quantitative estimate of drug-likeness (QED) is 0.828. The Morgan fingerprint density at radius 1 is 1.17 bits per heavy atom. The Balaban J connectivity index is 1.66. The highest BCUT2D eigenvalue weighted by atomic mass is 19.4. The van der Waals surface area contributed by atoms with Crippen molar-refractivity contribution in [2.75, 3.05) is 37.7 Å². The molecule has 0 saturated carbocycles. The third-order valence-electron chi connectivity index (χ3n) is 4.39. The number of piperidine rings is 1. The maximum absolute atomic E-state index is 12.8. The third-order valence-corrected chi connectivity index (χ3v) is 4.39. The fourth-order valence-corrected chi connectivity index (χ4v) is 3.03. The number of nitrogens with zero attached hydrogens (tertiary/aromatic N) is 3. The van der Waals surface area contributed by atoms with Gasteiger partial charge in [0.15, 0.2) is 6.10 Å². The number of carbonyl (C=O) groups excluding carboxylic acids is 1. The molecular formula is C16H20F3N3O2. The van der Waals surface area contributed by atoms with Crippen molar-refractivity contribution < 1.29 is 22.7 Å². The minimum atomic E-state index is -4.39. The summed E-state index contributed by atoms with van der Waals surface area (Å²) in [6.45, 7) is 1.56. The van der Waals surface area contributed by atoms with Gasteiger partial charge in [-0.3, -0.25) is 4.79 Å². The smallest absolute Gasteiger partial charge is 0.365 e. The summed E-state index contributed by atoms with van der Waals surface area (Å²) in [5.74, 6) is 0.367. The Morgan fingerprint density at radius 3 is 2.54 bits per heavy atom. The molecule has 24 heavy (non-hydrogen) atoms. The SMILES string of the molecule is O=C(c1ccc(N2CCO[C@@H](C(F)(F)F)C2)nc1)N1CCCCC1. The van der Waals surface area contributed by atoms with Gasteiger partial charge in [0, 0.05) is 25.8 Å². The van der Waals surface area contributed by atoms with Gasteiger partial charge in [-0.05, 0) is 31.4 Å². The van der Waals surface area contributed by atoms with Gasteiger partial charge >= 0.3 is 6.18 Å². The number of morpholine rings is 1. The molecule has 1 aromatic rings. The van der Waals surface area contributed by atoms with Crippen LogP contribution in [0.5, 0.6) is 0 Å². The topological polar surface area (TPSA) is 45.7 Å². The lowest BCUT2D eigenvalue weighted by atomic mass is 10.1. The number of likely N-dealkylation sites (tertiary alicyclic amines) is 1. The van der Waals surface area contributed by atoms with Crippen LogP contribution in [0.2, 0.25) is 0 Å². The van der Waals surface area contributed by atoms with Crippen LogP contribution in [0.15, 0.2) is 18.3 Å². The standard InChI is InChI=1S/C16H20F3N3O2/c17-16(18,19)13-11-22(8-9-24-13)14-5-4-12(10-20-14)15(23)21-6-2-1-3-7-21/h4-5,10,13H,1-3,6-9,11H2/t13-/m1/s1. The normalized spacial score (nSPS) is 22.5. The van der Waals surface area contributed by atoms with E-state index in [-0.39, 0.29) is 19.1 Å². The highest BCUT2D eigenvalue weighted by Gasteiger charge is 2.43. The average molecular weight is 343 g/mol. The second-order valence-electron chi connectivity index (χ2n) is 6.10. The molecule has 5 nitrogen and oxygen atoms in total. The highest BCUT2D eigenvalue weighted by molar-refractivity contribution is 5.94. The predicted octanol–water partition coefficient (Wildman–Crippen LogP) is 2.48. The van der Waals surface area contributed by atoms with Gasteiger partial charge < -0.3 is 14.5 Å². The highest BCUT2D eigenvalue weighted by Crippen LogP contribution is 2.27. The van der Waals surface area contributed by atoms with Crippen molar-refractivity contribution in [3.8, 4) is 0 Å². The van der Waals surface area contributed by atoms with Crippen molar-refractivity contribution in [1.82, 2.24) is 9.88 Å².